The monoisotopic (exact) mass is 260 g/mol. The number of aromatic nitrogens is 2. The van der Waals surface area contributed by atoms with E-state index in [2.05, 4.69) is 24.0 Å². The molecule has 94 valence electrons. The number of aryl methyl sites for hydroxylation is 1. The van der Waals surface area contributed by atoms with Gasteiger partial charge in [-0.25, -0.2) is 0 Å². The lowest BCUT2D eigenvalue weighted by Crippen LogP contribution is -2.21. The number of rotatable bonds is 2. The number of thiophene rings is 1. The highest BCUT2D eigenvalue weighted by atomic mass is 32.1. The summed E-state index contributed by atoms with van der Waals surface area (Å²) in [6.45, 7) is 4.61. The Bertz CT molecular complexity index is 595. The quantitative estimate of drug-likeness (QED) is 0.840. The van der Waals surface area contributed by atoms with Gasteiger partial charge in [-0.05, 0) is 36.8 Å². The van der Waals surface area contributed by atoms with Gasteiger partial charge in [0, 0.05) is 11.3 Å². The third-order valence-electron chi connectivity index (χ3n) is 3.64. The fourth-order valence-electron chi connectivity index (χ4n) is 2.58. The maximum absolute atomic E-state index is 10.8. The van der Waals surface area contributed by atoms with Gasteiger partial charge in [-0.15, -0.1) is 11.3 Å². The van der Waals surface area contributed by atoms with Gasteiger partial charge in [0.25, 0.3) is 0 Å². The van der Waals surface area contributed by atoms with Crippen molar-refractivity contribution >= 4 is 17.6 Å². The summed E-state index contributed by atoms with van der Waals surface area (Å²) in [6.07, 6.45) is 4.23. The molecule has 3 rings (SSSR count). The van der Waals surface area contributed by atoms with Crippen molar-refractivity contribution < 1.29 is 4.79 Å². The zero-order valence-corrected chi connectivity index (χ0v) is 11.4. The molecule has 0 atom stereocenters. The summed E-state index contributed by atoms with van der Waals surface area (Å²) in [6, 6.07) is 3.86. The average Bonchev–Trinajstić information content (AvgIpc) is 2.92. The maximum atomic E-state index is 10.8. The molecule has 0 saturated heterocycles. The number of carbonyl (C=O) groups is 1. The van der Waals surface area contributed by atoms with Gasteiger partial charge >= 0.3 is 0 Å². The first kappa shape index (κ1) is 11.7. The van der Waals surface area contributed by atoms with Crippen molar-refractivity contribution in [1.82, 2.24) is 10.2 Å². The number of H-pyrrole nitrogens is 1. The molecule has 18 heavy (non-hydrogen) atoms. The van der Waals surface area contributed by atoms with E-state index in [1.807, 2.05) is 12.1 Å². The van der Waals surface area contributed by atoms with Gasteiger partial charge in [-0.2, -0.15) is 5.10 Å². The van der Waals surface area contributed by atoms with E-state index in [9.17, 15) is 4.79 Å². The molecule has 4 heteroatoms. The van der Waals surface area contributed by atoms with Crippen LogP contribution in [0.2, 0.25) is 0 Å². The number of aldehydes is 1. The Kier molecular flexibility index (Phi) is 2.63. The predicted octanol–water partition coefficient (Wildman–Crippen LogP) is 3.47. The van der Waals surface area contributed by atoms with E-state index in [1.165, 1.54) is 29.0 Å². The molecule has 0 radical (unpaired) electrons. The molecule has 1 aliphatic rings. The number of hydrogen-bond donors (Lipinski definition) is 1. The maximum Gasteiger partial charge on any atom is 0.160 e. The lowest BCUT2D eigenvalue weighted by Gasteiger charge is -2.29. The second-order valence-electron chi connectivity index (χ2n) is 5.69. The van der Waals surface area contributed by atoms with Gasteiger partial charge < -0.3 is 0 Å². The lowest BCUT2D eigenvalue weighted by molar-refractivity contribution is 0.112. The third kappa shape index (κ3) is 1.90. The summed E-state index contributed by atoms with van der Waals surface area (Å²) in [5.41, 5.74) is 3.99. The molecule has 2 aromatic rings. The first-order chi connectivity index (χ1) is 8.59. The SMILES string of the molecule is CC1(C)CCc2[nH]nc(-c3ccc(C=O)s3)c2C1. The van der Waals surface area contributed by atoms with Crippen molar-refractivity contribution in [3.8, 4) is 10.6 Å². The molecule has 2 aromatic heterocycles. The molecule has 0 fully saturated rings. The van der Waals surface area contributed by atoms with E-state index in [1.54, 1.807) is 0 Å². The van der Waals surface area contributed by atoms with Gasteiger partial charge in [0.05, 0.1) is 9.75 Å². The molecule has 1 aliphatic carbocycles. The smallest absolute Gasteiger partial charge is 0.160 e. The van der Waals surface area contributed by atoms with Gasteiger partial charge in [-0.1, -0.05) is 13.8 Å². The highest BCUT2D eigenvalue weighted by molar-refractivity contribution is 7.17. The molecule has 0 spiro atoms. The van der Waals surface area contributed by atoms with Crippen LogP contribution in [0.15, 0.2) is 12.1 Å². The Morgan fingerprint density at radius 1 is 1.44 bits per heavy atom. The number of nitrogens with one attached hydrogen (secondary N) is 1. The van der Waals surface area contributed by atoms with Crippen LogP contribution in [0.25, 0.3) is 10.6 Å². The van der Waals surface area contributed by atoms with E-state index in [0.29, 0.717) is 5.41 Å². The fraction of sp³-hybridized carbons (Fsp3) is 0.429. The van der Waals surface area contributed by atoms with Crippen LogP contribution in [0.5, 0.6) is 0 Å². The highest BCUT2D eigenvalue weighted by Crippen LogP contribution is 2.39. The van der Waals surface area contributed by atoms with E-state index in [0.717, 1.165) is 34.6 Å². The first-order valence-electron chi connectivity index (χ1n) is 6.20. The summed E-state index contributed by atoms with van der Waals surface area (Å²) in [4.78, 5) is 12.6. The van der Waals surface area contributed by atoms with Crippen LogP contribution in [0.4, 0.5) is 0 Å². The largest absolute Gasteiger partial charge is 0.297 e. The van der Waals surface area contributed by atoms with Crippen LogP contribution in [-0.4, -0.2) is 16.5 Å². The molecule has 2 heterocycles. The van der Waals surface area contributed by atoms with Crippen LogP contribution >= 0.6 is 11.3 Å². The highest BCUT2D eigenvalue weighted by Gasteiger charge is 2.29. The Morgan fingerprint density at radius 3 is 3.00 bits per heavy atom. The van der Waals surface area contributed by atoms with Crippen LogP contribution in [0, 0.1) is 5.41 Å². The topological polar surface area (TPSA) is 45.8 Å². The van der Waals surface area contributed by atoms with Gasteiger partial charge in [0.2, 0.25) is 0 Å². The minimum Gasteiger partial charge on any atom is -0.297 e. The van der Waals surface area contributed by atoms with Crippen molar-refractivity contribution in [2.24, 2.45) is 5.41 Å². The van der Waals surface area contributed by atoms with E-state index in [4.69, 9.17) is 0 Å². The van der Waals surface area contributed by atoms with Gasteiger partial charge in [-0.3, -0.25) is 9.89 Å². The summed E-state index contributed by atoms with van der Waals surface area (Å²) in [5, 5.41) is 7.61. The molecule has 0 aromatic carbocycles. The number of nitrogens with zero attached hydrogens (tertiary/aromatic N) is 1. The molecular weight excluding hydrogens is 244 g/mol. The van der Waals surface area contributed by atoms with Crippen molar-refractivity contribution in [2.75, 3.05) is 0 Å². The Hall–Kier alpha value is -1.42. The number of carbonyl (C=O) groups excluding carboxylic acids is 1. The van der Waals surface area contributed by atoms with E-state index >= 15 is 0 Å². The lowest BCUT2D eigenvalue weighted by atomic mass is 9.76. The van der Waals surface area contributed by atoms with E-state index < -0.39 is 0 Å². The Morgan fingerprint density at radius 2 is 2.28 bits per heavy atom. The summed E-state index contributed by atoms with van der Waals surface area (Å²) < 4.78 is 0. The van der Waals surface area contributed by atoms with Crippen LogP contribution in [-0.2, 0) is 12.8 Å². The summed E-state index contributed by atoms with van der Waals surface area (Å²) in [7, 11) is 0. The zero-order valence-electron chi connectivity index (χ0n) is 10.6. The molecule has 1 N–H and O–H groups in total. The summed E-state index contributed by atoms with van der Waals surface area (Å²) in [5.74, 6) is 0. The Balaban J connectivity index is 2.04. The molecular formula is C14H16N2OS. The van der Waals surface area contributed by atoms with Crippen molar-refractivity contribution in [3.63, 3.8) is 0 Å². The van der Waals surface area contributed by atoms with Crippen LogP contribution < -0.4 is 0 Å². The Labute approximate surface area is 110 Å². The molecule has 0 saturated carbocycles. The van der Waals surface area contributed by atoms with Crippen LogP contribution in [0.3, 0.4) is 0 Å². The summed E-state index contributed by atoms with van der Waals surface area (Å²) >= 11 is 1.51. The predicted molar refractivity (Wildman–Crippen MR) is 73.1 cm³/mol. The minimum absolute atomic E-state index is 0.344. The van der Waals surface area contributed by atoms with Crippen molar-refractivity contribution in [1.29, 1.82) is 0 Å². The van der Waals surface area contributed by atoms with Gasteiger partial charge in [0.15, 0.2) is 6.29 Å². The van der Waals surface area contributed by atoms with Crippen molar-refractivity contribution in [2.45, 2.75) is 33.1 Å². The molecule has 0 amide bonds. The second-order valence-corrected chi connectivity index (χ2v) is 6.81. The number of aromatic amines is 1. The second kappa shape index (κ2) is 4.05. The molecule has 0 bridgehead atoms. The fourth-order valence-corrected chi connectivity index (χ4v) is 3.42. The normalized spacial score (nSPS) is 17.4. The van der Waals surface area contributed by atoms with Gasteiger partial charge in [0.1, 0.15) is 5.69 Å². The molecule has 3 nitrogen and oxygen atoms in total. The number of fused-ring (bicyclic) bond motifs is 1. The average molecular weight is 260 g/mol. The van der Waals surface area contributed by atoms with E-state index in [-0.39, 0.29) is 0 Å². The van der Waals surface area contributed by atoms with Crippen LogP contribution in [0.1, 0.15) is 41.2 Å². The third-order valence-corrected chi connectivity index (χ3v) is 4.65. The van der Waals surface area contributed by atoms with Crippen molar-refractivity contribution in [3.05, 3.63) is 28.3 Å². The number of hydrogen-bond acceptors (Lipinski definition) is 3. The molecule has 0 unspecified atom stereocenters. The molecule has 0 aliphatic heterocycles. The zero-order chi connectivity index (χ0) is 12.8. The standard InChI is InChI=1S/C14H16N2OS/c1-14(2)6-5-11-10(7-14)13(16-15-11)12-4-3-9(8-17)18-12/h3-4,8H,5-7H2,1-2H3,(H,15,16). The minimum atomic E-state index is 0.344. The first-order valence-corrected chi connectivity index (χ1v) is 7.02.